The maximum absolute atomic E-state index is 13.4. The molecule has 6 nitrogen and oxygen atoms in total. The summed E-state index contributed by atoms with van der Waals surface area (Å²) in [4.78, 5) is 11.7. The van der Waals surface area contributed by atoms with Gasteiger partial charge in [0.1, 0.15) is 11.9 Å². The minimum absolute atomic E-state index is 0.0581. The smallest absolute Gasteiger partial charge is 0.244 e. The second kappa shape index (κ2) is 5.61. The van der Waals surface area contributed by atoms with Crippen LogP contribution in [0.5, 0.6) is 0 Å². The van der Waals surface area contributed by atoms with Gasteiger partial charge in [-0.1, -0.05) is 0 Å². The van der Waals surface area contributed by atoms with Gasteiger partial charge in [-0.2, -0.15) is 4.31 Å². The van der Waals surface area contributed by atoms with Crippen molar-refractivity contribution in [1.82, 2.24) is 9.62 Å². The van der Waals surface area contributed by atoms with Crippen molar-refractivity contribution in [2.45, 2.75) is 30.7 Å². The first-order valence-corrected chi connectivity index (χ1v) is 8.02. The zero-order valence-electron chi connectivity index (χ0n) is 11.9. The van der Waals surface area contributed by atoms with Crippen molar-refractivity contribution in [3.8, 4) is 0 Å². The topological polar surface area (TPSA) is 92.5 Å². The van der Waals surface area contributed by atoms with Gasteiger partial charge in [0.05, 0.1) is 10.6 Å². The quantitative estimate of drug-likeness (QED) is 0.800. The SMILES string of the molecule is CNC(=O)C1CCCN1S(=O)(=O)c1cc(N)c(F)cc1C. The van der Waals surface area contributed by atoms with E-state index in [1.165, 1.54) is 14.0 Å². The summed E-state index contributed by atoms with van der Waals surface area (Å²) in [5, 5.41) is 2.47. The summed E-state index contributed by atoms with van der Waals surface area (Å²) >= 11 is 0. The van der Waals surface area contributed by atoms with Crippen LogP contribution < -0.4 is 11.1 Å². The number of likely N-dealkylation sites (N-methyl/N-ethyl adjacent to an activating group) is 1. The van der Waals surface area contributed by atoms with Crippen molar-refractivity contribution in [2.24, 2.45) is 0 Å². The molecule has 0 spiro atoms. The normalized spacial score (nSPS) is 19.7. The van der Waals surface area contributed by atoms with Gasteiger partial charge in [-0.15, -0.1) is 0 Å². The Bertz CT molecular complexity index is 675. The highest BCUT2D eigenvalue weighted by Crippen LogP contribution is 2.30. The third kappa shape index (κ3) is 2.73. The number of anilines is 1. The van der Waals surface area contributed by atoms with Gasteiger partial charge in [-0.25, -0.2) is 12.8 Å². The number of amides is 1. The minimum Gasteiger partial charge on any atom is -0.396 e. The Morgan fingerprint density at radius 2 is 2.14 bits per heavy atom. The highest BCUT2D eigenvalue weighted by Gasteiger charge is 2.39. The van der Waals surface area contributed by atoms with Crippen LogP contribution in [0.25, 0.3) is 0 Å². The Balaban J connectivity index is 2.47. The summed E-state index contributed by atoms with van der Waals surface area (Å²) in [6, 6.07) is 1.47. The average Bonchev–Trinajstić information content (AvgIpc) is 2.91. The van der Waals surface area contributed by atoms with Gasteiger partial charge >= 0.3 is 0 Å². The number of nitrogens with zero attached hydrogens (tertiary/aromatic N) is 1. The maximum atomic E-state index is 13.4. The number of nitrogen functional groups attached to an aromatic ring is 1. The number of hydrogen-bond acceptors (Lipinski definition) is 4. The number of aryl methyl sites for hydroxylation is 1. The lowest BCUT2D eigenvalue weighted by molar-refractivity contribution is -0.123. The molecule has 1 aromatic carbocycles. The molecule has 1 saturated heterocycles. The molecule has 0 bridgehead atoms. The number of halogens is 1. The van der Waals surface area contributed by atoms with Crippen LogP contribution in [0, 0.1) is 12.7 Å². The largest absolute Gasteiger partial charge is 0.396 e. The molecule has 1 amide bonds. The van der Waals surface area contributed by atoms with Crippen molar-refractivity contribution in [3.63, 3.8) is 0 Å². The third-order valence-electron chi connectivity index (χ3n) is 3.63. The van der Waals surface area contributed by atoms with E-state index in [9.17, 15) is 17.6 Å². The Morgan fingerprint density at radius 1 is 1.48 bits per heavy atom. The van der Waals surface area contributed by atoms with Crippen LogP contribution in [0.3, 0.4) is 0 Å². The first-order valence-electron chi connectivity index (χ1n) is 6.58. The van der Waals surface area contributed by atoms with Gasteiger partial charge < -0.3 is 11.1 Å². The molecule has 1 atom stereocenters. The number of nitrogens with one attached hydrogen (secondary N) is 1. The van der Waals surface area contributed by atoms with Gasteiger partial charge in [0.25, 0.3) is 0 Å². The van der Waals surface area contributed by atoms with Crippen molar-refractivity contribution in [3.05, 3.63) is 23.5 Å². The van der Waals surface area contributed by atoms with Crippen LogP contribution in [0.2, 0.25) is 0 Å². The molecule has 8 heteroatoms. The number of sulfonamides is 1. The fourth-order valence-corrected chi connectivity index (χ4v) is 4.43. The predicted octanol–water partition coefficient (Wildman–Crippen LogP) is 0.615. The fourth-order valence-electron chi connectivity index (χ4n) is 2.53. The molecule has 116 valence electrons. The average molecular weight is 315 g/mol. The van der Waals surface area contributed by atoms with Crippen molar-refractivity contribution >= 4 is 21.6 Å². The highest BCUT2D eigenvalue weighted by molar-refractivity contribution is 7.89. The lowest BCUT2D eigenvalue weighted by atomic mass is 10.2. The van der Waals surface area contributed by atoms with Crippen LogP contribution in [0.4, 0.5) is 10.1 Å². The molecular weight excluding hydrogens is 297 g/mol. The Labute approximate surface area is 123 Å². The minimum atomic E-state index is -3.89. The molecule has 0 saturated carbocycles. The molecule has 2 rings (SSSR count). The van der Waals surface area contributed by atoms with Crippen molar-refractivity contribution < 1.29 is 17.6 Å². The van der Waals surface area contributed by atoms with Gasteiger partial charge in [0.15, 0.2) is 0 Å². The highest BCUT2D eigenvalue weighted by atomic mass is 32.2. The number of rotatable bonds is 3. The Morgan fingerprint density at radius 3 is 2.76 bits per heavy atom. The predicted molar refractivity (Wildman–Crippen MR) is 76.5 cm³/mol. The van der Waals surface area contributed by atoms with Crippen LogP contribution in [-0.4, -0.2) is 38.3 Å². The van der Waals surface area contributed by atoms with Gasteiger partial charge in [-0.3, -0.25) is 4.79 Å². The van der Waals surface area contributed by atoms with E-state index in [0.29, 0.717) is 12.8 Å². The number of benzene rings is 1. The standard InChI is InChI=1S/C13H18FN3O3S/c1-8-6-9(14)10(15)7-12(8)21(19,20)17-5-3-4-11(17)13(18)16-2/h6-7,11H,3-5,15H2,1-2H3,(H,16,18). The zero-order chi connectivity index (χ0) is 15.8. The molecule has 1 aromatic rings. The van der Waals surface area contributed by atoms with E-state index in [-0.39, 0.29) is 28.6 Å². The summed E-state index contributed by atoms with van der Waals surface area (Å²) in [6.07, 6.45) is 1.07. The van der Waals surface area contributed by atoms with Crippen LogP contribution in [0.15, 0.2) is 17.0 Å². The Hall–Kier alpha value is -1.67. The fraction of sp³-hybridized carbons (Fsp3) is 0.462. The molecular formula is C13H18FN3O3S. The van der Waals surface area contributed by atoms with E-state index in [0.717, 1.165) is 16.4 Å². The molecule has 0 radical (unpaired) electrons. The molecule has 1 aliphatic rings. The number of carbonyl (C=O) groups is 1. The second-order valence-corrected chi connectivity index (χ2v) is 6.89. The first kappa shape index (κ1) is 15.7. The van der Waals surface area contributed by atoms with Crippen LogP contribution in [0.1, 0.15) is 18.4 Å². The lowest BCUT2D eigenvalue weighted by Crippen LogP contribution is -2.45. The van der Waals surface area contributed by atoms with Gasteiger partial charge in [-0.05, 0) is 37.5 Å². The van der Waals surface area contributed by atoms with Crippen LogP contribution in [-0.2, 0) is 14.8 Å². The summed E-state index contributed by atoms with van der Waals surface area (Å²) in [6.45, 7) is 1.76. The van der Waals surface area contributed by atoms with E-state index in [1.54, 1.807) is 0 Å². The third-order valence-corrected chi connectivity index (χ3v) is 5.68. The van der Waals surface area contributed by atoms with Crippen molar-refractivity contribution in [2.75, 3.05) is 19.3 Å². The number of nitrogens with two attached hydrogens (primary N) is 1. The van der Waals surface area contributed by atoms with E-state index in [2.05, 4.69) is 5.32 Å². The van der Waals surface area contributed by atoms with Gasteiger partial charge in [0, 0.05) is 13.6 Å². The van der Waals surface area contributed by atoms with E-state index >= 15 is 0 Å². The van der Waals surface area contributed by atoms with Crippen molar-refractivity contribution in [1.29, 1.82) is 0 Å². The maximum Gasteiger partial charge on any atom is 0.244 e. The van der Waals surface area contributed by atoms with E-state index in [4.69, 9.17) is 5.73 Å². The molecule has 3 N–H and O–H groups in total. The molecule has 1 unspecified atom stereocenters. The molecule has 0 aliphatic carbocycles. The summed E-state index contributed by atoms with van der Waals surface area (Å²) < 4.78 is 40.0. The molecule has 1 fully saturated rings. The summed E-state index contributed by atoms with van der Waals surface area (Å²) in [5.74, 6) is -1.00. The van der Waals surface area contributed by atoms with E-state index in [1.807, 2.05) is 0 Å². The molecule has 21 heavy (non-hydrogen) atoms. The second-order valence-electron chi connectivity index (χ2n) is 5.03. The number of hydrogen-bond donors (Lipinski definition) is 2. The summed E-state index contributed by atoms with van der Waals surface area (Å²) in [5.41, 5.74) is 5.51. The zero-order valence-corrected chi connectivity index (χ0v) is 12.7. The lowest BCUT2D eigenvalue weighted by Gasteiger charge is -2.23. The molecule has 1 heterocycles. The van der Waals surface area contributed by atoms with E-state index < -0.39 is 21.9 Å². The van der Waals surface area contributed by atoms with Crippen LogP contribution >= 0.6 is 0 Å². The molecule has 1 aliphatic heterocycles. The van der Waals surface area contributed by atoms with Gasteiger partial charge in [0.2, 0.25) is 15.9 Å². The first-order chi connectivity index (χ1) is 9.78. The summed E-state index contributed by atoms with van der Waals surface area (Å²) in [7, 11) is -2.42. The Kier molecular flexibility index (Phi) is 4.20. The molecule has 0 aromatic heterocycles. The monoisotopic (exact) mass is 315 g/mol. The number of carbonyl (C=O) groups excluding carboxylic acids is 1.